The van der Waals surface area contributed by atoms with E-state index in [0.29, 0.717) is 34.5 Å². The van der Waals surface area contributed by atoms with Gasteiger partial charge in [-0.25, -0.2) is 0 Å². The van der Waals surface area contributed by atoms with Crippen LogP contribution in [0.5, 0.6) is 5.75 Å². The van der Waals surface area contributed by atoms with Gasteiger partial charge in [0.1, 0.15) is 18.9 Å². The first-order valence-electron chi connectivity index (χ1n) is 14.5. The summed E-state index contributed by atoms with van der Waals surface area (Å²) in [5, 5.41) is 7.53. The zero-order valence-corrected chi connectivity index (χ0v) is 24.8. The van der Waals surface area contributed by atoms with E-state index in [1.807, 2.05) is 43.6 Å². The quantitative estimate of drug-likeness (QED) is 0.230. The van der Waals surface area contributed by atoms with Gasteiger partial charge in [0.05, 0.1) is 30.1 Å². The van der Waals surface area contributed by atoms with E-state index >= 15 is 0 Å². The van der Waals surface area contributed by atoms with Gasteiger partial charge in [-0.2, -0.15) is 13.2 Å². The summed E-state index contributed by atoms with van der Waals surface area (Å²) in [7, 11) is 1.82. The number of likely N-dealkylation sites (tertiary alicyclic amines) is 1. The molecule has 1 spiro atoms. The number of nitrogens with one attached hydrogen (secondary N) is 2. The van der Waals surface area contributed by atoms with Gasteiger partial charge >= 0.3 is 6.18 Å². The maximum absolute atomic E-state index is 13.6. The largest absolute Gasteiger partial charge is 0.479 e. The number of ether oxygens (including phenoxy) is 2. The first-order valence-corrected chi connectivity index (χ1v) is 15.7. The molecular weight excluding hydrogens is 561 g/mol. The van der Waals surface area contributed by atoms with Gasteiger partial charge in [0, 0.05) is 53.6 Å². The van der Waals surface area contributed by atoms with Gasteiger partial charge < -0.3 is 24.7 Å². The van der Waals surface area contributed by atoms with Crippen molar-refractivity contribution in [1.82, 2.24) is 9.47 Å². The van der Waals surface area contributed by atoms with Crippen LogP contribution in [0.3, 0.4) is 0 Å². The van der Waals surface area contributed by atoms with Crippen molar-refractivity contribution >= 4 is 34.0 Å². The Hall–Kier alpha value is -3.00. The molecular formula is C32H37F3N4O2S. The molecule has 3 heterocycles. The van der Waals surface area contributed by atoms with Crippen LogP contribution >= 0.6 is 11.8 Å². The lowest BCUT2D eigenvalue weighted by atomic mass is 9.75. The third-order valence-corrected chi connectivity index (χ3v) is 9.45. The van der Waals surface area contributed by atoms with Crippen LogP contribution in [0.4, 0.5) is 24.5 Å². The smallest absolute Gasteiger partial charge is 0.406 e. The fourth-order valence-electron chi connectivity index (χ4n) is 6.51. The lowest BCUT2D eigenvalue weighted by molar-refractivity contribution is -0.200. The van der Waals surface area contributed by atoms with E-state index < -0.39 is 12.7 Å². The van der Waals surface area contributed by atoms with E-state index in [9.17, 15) is 13.2 Å². The number of rotatable bonds is 8. The van der Waals surface area contributed by atoms with Gasteiger partial charge in [-0.1, -0.05) is 12.0 Å². The van der Waals surface area contributed by atoms with E-state index in [2.05, 4.69) is 27.4 Å². The van der Waals surface area contributed by atoms with Crippen LogP contribution in [-0.2, 0) is 11.3 Å². The Morgan fingerprint density at radius 1 is 1.07 bits per heavy atom. The highest BCUT2D eigenvalue weighted by molar-refractivity contribution is 7.98. The molecule has 2 N–H and O–H groups in total. The van der Waals surface area contributed by atoms with Crippen molar-refractivity contribution in [2.75, 3.05) is 56.8 Å². The molecule has 0 unspecified atom stereocenters. The molecule has 6 nitrogen and oxygen atoms in total. The average molecular weight is 599 g/mol. The van der Waals surface area contributed by atoms with Gasteiger partial charge in [0.25, 0.3) is 0 Å². The van der Waals surface area contributed by atoms with Gasteiger partial charge in [0.2, 0.25) is 0 Å². The first-order chi connectivity index (χ1) is 20.3. The molecule has 1 aromatic heterocycles. The molecule has 6 rings (SSSR count). The summed E-state index contributed by atoms with van der Waals surface area (Å²) in [4.78, 5) is 3.70. The summed E-state index contributed by atoms with van der Waals surface area (Å²) in [5.74, 6) is 6.53. The van der Waals surface area contributed by atoms with Crippen LogP contribution in [0.25, 0.3) is 10.9 Å². The van der Waals surface area contributed by atoms with E-state index in [1.54, 1.807) is 23.9 Å². The Labute approximate surface area is 249 Å². The Bertz CT molecular complexity index is 1470. The van der Waals surface area contributed by atoms with Crippen molar-refractivity contribution in [3.63, 3.8) is 0 Å². The normalized spacial score (nSPS) is 21.7. The molecule has 3 aromatic rings. The van der Waals surface area contributed by atoms with E-state index in [0.717, 1.165) is 73.6 Å². The highest BCUT2D eigenvalue weighted by Gasteiger charge is 2.50. The predicted octanol–water partition coefficient (Wildman–Crippen LogP) is 6.45. The molecule has 2 aliphatic heterocycles. The third-order valence-electron chi connectivity index (χ3n) is 8.72. The maximum atomic E-state index is 13.6. The van der Waals surface area contributed by atoms with Gasteiger partial charge in [0.15, 0.2) is 0 Å². The molecule has 0 atom stereocenters. The molecule has 0 amide bonds. The van der Waals surface area contributed by atoms with Crippen molar-refractivity contribution in [2.24, 2.45) is 5.41 Å². The molecule has 42 heavy (non-hydrogen) atoms. The second-order valence-electron chi connectivity index (χ2n) is 11.7. The fraction of sp³-hybridized carbons (Fsp3) is 0.500. The van der Waals surface area contributed by atoms with Crippen LogP contribution in [0.2, 0.25) is 0 Å². The second-order valence-corrected chi connectivity index (χ2v) is 12.6. The number of hydrogen-bond donors (Lipinski definition) is 2. The average Bonchev–Trinajstić information content (AvgIpc) is 3.27. The van der Waals surface area contributed by atoms with Crippen molar-refractivity contribution in [3.8, 4) is 17.6 Å². The van der Waals surface area contributed by atoms with Crippen LogP contribution in [0, 0.1) is 17.3 Å². The Morgan fingerprint density at radius 3 is 2.52 bits per heavy atom. The highest BCUT2D eigenvalue weighted by Crippen LogP contribution is 2.41. The number of alkyl halides is 3. The van der Waals surface area contributed by atoms with Crippen molar-refractivity contribution in [2.45, 2.75) is 55.4 Å². The van der Waals surface area contributed by atoms with Gasteiger partial charge in [-0.15, -0.1) is 11.8 Å². The summed E-state index contributed by atoms with van der Waals surface area (Å²) < 4.78 is 53.4. The van der Waals surface area contributed by atoms with E-state index in [4.69, 9.17) is 9.47 Å². The molecule has 2 aromatic carbocycles. The van der Waals surface area contributed by atoms with Crippen LogP contribution < -0.4 is 15.4 Å². The van der Waals surface area contributed by atoms with E-state index in [1.165, 1.54) is 4.57 Å². The monoisotopic (exact) mass is 598 g/mol. The van der Waals surface area contributed by atoms with Crippen LogP contribution in [0.1, 0.15) is 31.4 Å². The predicted molar refractivity (Wildman–Crippen MR) is 163 cm³/mol. The molecule has 3 fully saturated rings. The number of fused-ring (bicyclic) bond motifs is 1. The zero-order chi connectivity index (χ0) is 29.3. The number of benzene rings is 2. The lowest BCUT2D eigenvalue weighted by Crippen LogP contribution is -2.68. The Balaban J connectivity index is 1.15. The molecule has 1 saturated carbocycles. The number of thioether (sulfide) groups is 1. The summed E-state index contributed by atoms with van der Waals surface area (Å²) in [6.07, 6.45) is 1.97. The topological polar surface area (TPSA) is 50.7 Å². The number of hydrogen-bond acceptors (Lipinski definition) is 6. The molecule has 224 valence electrons. The minimum Gasteiger partial charge on any atom is -0.479 e. The molecule has 10 heteroatoms. The SMILES string of the molecule is CNc1cc(SC)ccc1OCC#Cc1cc2c(NC3CCC(N4CC5(COC5)C4)CC3)cccc2n1CC(F)(F)F. The Kier molecular flexibility index (Phi) is 8.27. The van der Waals surface area contributed by atoms with Gasteiger partial charge in [-0.05, 0) is 74.3 Å². The maximum Gasteiger partial charge on any atom is 0.406 e. The van der Waals surface area contributed by atoms with Crippen LogP contribution in [0.15, 0.2) is 47.4 Å². The number of aromatic nitrogens is 1. The van der Waals surface area contributed by atoms with Crippen LogP contribution in [-0.4, -0.2) is 73.9 Å². The third kappa shape index (κ3) is 6.19. The Morgan fingerprint density at radius 2 is 1.86 bits per heavy atom. The minimum atomic E-state index is -4.37. The standard InChI is InChI=1S/C32H37F3N4O2S/c1-36-28-16-25(42-2)12-13-30(28)41-14-4-5-24-15-26-27(6-3-7-29(26)39(24)19-32(33,34)35)37-22-8-10-23(11-9-22)38-17-31(18-38)20-40-21-31/h3,6-7,12-13,15-16,22-23,36-37H,8-11,14,17-21H2,1-2H3. The molecule has 1 aliphatic carbocycles. The molecule has 2 saturated heterocycles. The van der Waals surface area contributed by atoms with E-state index in [-0.39, 0.29) is 6.61 Å². The van der Waals surface area contributed by atoms with Gasteiger partial charge in [-0.3, -0.25) is 4.90 Å². The fourth-order valence-corrected chi connectivity index (χ4v) is 6.95. The molecule has 0 radical (unpaired) electrons. The number of halogens is 3. The number of anilines is 2. The number of nitrogens with zero attached hydrogens (tertiary/aromatic N) is 2. The summed E-state index contributed by atoms with van der Waals surface area (Å²) in [6, 6.07) is 14.0. The van der Waals surface area contributed by atoms with Crippen molar-refractivity contribution in [3.05, 3.63) is 48.2 Å². The van der Waals surface area contributed by atoms with Crippen molar-refractivity contribution in [1.29, 1.82) is 0 Å². The molecule has 3 aliphatic rings. The minimum absolute atomic E-state index is 0.0559. The first kappa shape index (κ1) is 29.1. The van der Waals surface area contributed by atoms with Crippen molar-refractivity contribution < 1.29 is 22.6 Å². The molecule has 0 bridgehead atoms. The lowest BCUT2D eigenvalue weighted by Gasteiger charge is -2.58. The summed E-state index contributed by atoms with van der Waals surface area (Å²) in [5.41, 5.74) is 2.97. The highest BCUT2D eigenvalue weighted by atomic mass is 32.2. The zero-order valence-electron chi connectivity index (χ0n) is 24.0. The summed E-state index contributed by atoms with van der Waals surface area (Å²) in [6.45, 7) is 3.07. The second kappa shape index (κ2) is 11.9. The summed E-state index contributed by atoms with van der Waals surface area (Å²) >= 11 is 1.63.